The zero-order chi connectivity index (χ0) is 11.3. The SMILES string of the molecule is CCN(CCCCl)S(=O)(=O)N1CCCC1. The predicted molar refractivity (Wildman–Crippen MR) is 62.3 cm³/mol. The largest absolute Gasteiger partial charge is 0.281 e. The third-order valence-corrected chi connectivity index (χ3v) is 4.99. The molecule has 1 aliphatic heterocycles. The van der Waals surface area contributed by atoms with E-state index < -0.39 is 10.2 Å². The standard InChI is InChI=1S/C9H19ClN2O2S/c1-2-11(9-5-6-10)15(13,14)12-7-3-4-8-12/h2-9H2,1H3. The van der Waals surface area contributed by atoms with Gasteiger partial charge in [-0.1, -0.05) is 6.92 Å². The molecule has 0 atom stereocenters. The van der Waals surface area contributed by atoms with Crippen molar-refractivity contribution in [2.45, 2.75) is 26.2 Å². The lowest BCUT2D eigenvalue weighted by Crippen LogP contribution is -2.42. The van der Waals surface area contributed by atoms with E-state index in [1.54, 1.807) is 4.31 Å². The monoisotopic (exact) mass is 254 g/mol. The van der Waals surface area contributed by atoms with Crippen LogP contribution >= 0.6 is 11.6 Å². The molecule has 0 unspecified atom stereocenters. The Labute approximate surface area is 97.4 Å². The average molecular weight is 255 g/mol. The van der Waals surface area contributed by atoms with Gasteiger partial charge in [0.15, 0.2) is 0 Å². The van der Waals surface area contributed by atoms with Gasteiger partial charge in [0.05, 0.1) is 0 Å². The van der Waals surface area contributed by atoms with Gasteiger partial charge in [0, 0.05) is 32.1 Å². The number of nitrogens with zero attached hydrogens (tertiary/aromatic N) is 2. The van der Waals surface area contributed by atoms with E-state index in [2.05, 4.69) is 0 Å². The minimum atomic E-state index is -3.22. The van der Waals surface area contributed by atoms with Crippen LogP contribution in [0, 0.1) is 0 Å². The van der Waals surface area contributed by atoms with Crippen molar-refractivity contribution in [1.82, 2.24) is 8.61 Å². The van der Waals surface area contributed by atoms with Crippen LogP contribution < -0.4 is 0 Å². The van der Waals surface area contributed by atoms with Gasteiger partial charge < -0.3 is 0 Å². The van der Waals surface area contributed by atoms with Gasteiger partial charge in [-0.05, 0) is 19.3 Å². The van der Waals surface area contributed by atoms with Crippen LogP contribution in [0.5, 0.6) is 0 Å². The Bertz CT molecular complexity index is 276. The minimum absolute atomic E-state index is 0.506. The van der Waals surface area contributed by atoms with Gasteiger partial charge in [0.1, 0.15) is 0 Å². The van der Waals surface area contributed by atoms with E-state index in [-0.39, 0.29) is 0 Å². The van der Waals surface area contributed by atoms with Gasteiger partial charge >= 0.3 is 0 Å². The highest BCUT2D eigenvalue weighted by molar-refractivity contribution is 7.86. The van der Waals surface area contributed by atoms with E-state index >= 15 is 0 Å². The van der Waals surface area contributed by atoms with Crippen molar-refractivity contribution < 1.29 is 8.42 Å². The van der Waals surface area contributed by atoms with Crippen LogP contribution in [0.4, 0.5) is 0 Å². The molecule has 1 fully saturated rings. The molecule has 0 radical (unpaired) electrons. The van der Waals surface area contributed by atoms with E-state index in [0.29, 0.717) is 38.5 Å². The lowest BCUT2D eigenvalue weighted by Gasteiger charge is -2.25. The summed E-state index contributed by atoms with van der Waals surface area (Å²) in [6, 6.07) is 0. The van der Waals surface area contributed by atoms with Crippen LogP contribution in [-0.2, 0) is 10.2 Å². The van der Waals surface area contributed by atoms with Crippen molar-refractivity contribution in [3.05, 3.63) is 0 Å². The van der Waals surface area contributed by atoms with E-state index in [9.17, 15) is 8.42 Å². The summed E-state index contributed by atoms with van der Waals surface area (Å²) < 4.78 is 27.2. The molecule has 0 saturated carbocycles. The lowest BCUT2D eigenvalue weighted by atomic mass is 10.4. The predicted octanol–water partition coefficient (Wildman–Crippen LogP) is 1.28. The Morgan fingerprint density at radius 1 is 1.33 bits per heavy atom. The van der Waals surface area contributed by atoms with Crippen molar-refractivity contribution in [2.24, 2.45) is 0 Å². The Kier molecular flexibility index (Phi) is 5.32. The van der Waals surface area contributed by atoms with Gasteiger partial charge in [0.25, 0.3) is 10.2 Å². The van der Waals surface area contributed by atoms with Crippen LogP contribution in [0.2, 0.25) is 0 Å². The number of hydrogen-bond acceptors (Lipinski definition) is 2. The van der Waals surface area contributed by atoms with Crippen LogP contribution in [0.3, 0.4) is 0 Å². The first-order valence-electron chi connectivity index (χ1n) is 5.44. The molecular weight excluding hydrogens is 236 g/mol. The summed E-state index contributed by atoms with van der Waals surface area (Å²) in [5.41, 5.74) is 0. The highest BCUT2D eigenvalue weighted by atomic mass is 35.5. The molecule has 4 nitrogen and oxygen atoms in total. The number of rotatable bonds is 6. The first kappa shape index (κ1) is 13.2. The summed E-state index contributed by atoms with van der Waals surface area (Å²) in [6.07, 6.45) is 2.67. The second-order valence-electron chi connectivity index (χ2n) is 3.65. The second kappa shape index (κ2) is 6.03. The molecule has 0 amide bonds. The molecule has 1 aliphatic rings. The third-order valence-electron chi connectivity index (χ3n) is 2.61. The summed E-state index contributed by atoms with van der Waals surface area (Å²) in [6.45, 7) is 4.25. The number of alkyl halides is 1. The highest BCUT2D eigenvalue weighted by Gasteiger charge is 2.30. The first-order valence-corrected chi connectivity index (χ1v) is 7.37. The average Bonchev–Trinajstić information content (AvgIpc) is 2.72. The molecule has 1 rings (SSSR count). The summed E-state index contributed by atoms with van der Waals surface area (Å²) in [5.74, 6) is 0.506. The first-order chi connectivity index (χ1) is 7.12. The van der Waals surface area contributed by atoms with Crippen molar-refractivity contribution in [3.8, 4) is 0 Å². The van der Waals surface area contributed by atoms with Crippen molar-refractivity contribution >= 4 is 21.8 Å². The van der Waals surface area contributed by atoms with Gasteiger partial charge in [-0.25, -0.2) is 0 Å². The molecule has 1 heterocycles. The molecule has 0 aromatic heterocycles. The Morgan fingerprint density at radius 3 is 2.40 bits per heavy atom. The lowest BCUT2D eigenvalue weighted by molar-refractivity contribution is 0.370. The topological polar surface area (TPSA) is 40.6 Å². The molecule has 0 spiro atoms. The van der Waals surface area contributed by atoms with Gasteiger partial charge in [-0.3, -0.25) is 0 Å². The third kappa shape index (κ3) is 3.31. The molecule has 15 heavy (non-hydrogen) atoms. The Hall–Kier alpha value is 0.160. The van der Waals surface area contributed by atoms with Crippen LogP contribution in [-0.4, -0.2) is 49.1 Å². The molecule has 0 bridgehead atoms. The minimum Gasteiger partial charge on any atom is -0.195 e. The fourth-order valence-corrected chi connectivity index (χ4v) is 3.61. The quantitative estimate of drug-likeness (QED) is 0.670. The zero-order valence-electron chi connectivity index (χ0n) is 9.15. The summed E-state index contributed by atoms with van der Waals surface area (Å²) >= 11 is 5.58. The normalized spacial score (nSPS) is 18.9. The highest BCUT2D eigenvalue weighted by Crippen LogP contribution is 2.16. The second-order valence-corrected chi connectivity index (χ2v) is 5.95. The Morgan fingerprint density at radius 2 is 1.93 bits per heavy atom. The van der Waals surface area contributed by atoms with Gasteiger partial charge in [0.2, 0.25) is 0 Å². The van der Waals surface area contributed by atoms with Crippen molar-refractivity contribution in [3.63, 3.8) is 0 Å². The number of halogens is 1. The molecule has 90 valence electrons. The van der Waals surface area contributed by atoms with E-state index in [1.807, 2.05) is 6.92 Å². The fourth-order valence-electron chi connectivity index (χ4n) is 1.75. The maximum Gasteiger partial charge on any atom is 0.281 e. The Balaban J connectivity index is 2.63. The zero-order valence-corrected chi connectivity index (χ0v) is 10.7. The van der Waals surface area contributed by atoms with Crippen molar-refractivity contribution in [1.29, 1.82) is 0 Å². The van der Waals surface area contributed by atoms with Gasteiger partial charge in [-0.2, -0.15) is 17.0 Å². The van der Waals surface area contributed by atoms with E-state index in [1.165, 1.54) is 4.31 Å². The van der Waals surface area contributed by atoms with Crippen LogP contribution in [0.25, 0.3) is 0 Å². The smallest absolute Gasteiger partial charge is 0.195 e. The van der Waals surface area contributed by atoms with E-state index in [0.717, 1.165) is 12.8 Å². The molecule has 0 aromatic rings. The number of hydrogen-bond donors (Lipinski definition) is 0. The molecule has 6 heteroatoms. The maximum atomic E-state index is 12.1. The van der Waals surface area contributed by atoms with Crippen LogP contribution in [0.15, 0.2) is 0 Å². The van der Waals surface area contributed by atoms with Crippen molar-refractivity contribution in [2.75, 3.05) is 32.1 Å². The molecule has 0 N–H and O–H groups in total. The summed E-state index contributed by atoms with van der Waals surface area (Å²) in [4.78, 5) is 0. The molecule has 0 aliphatic carbocycles. The fraction of sp³-hybridized carbons (Fsp3) is 1.00. The molecule has 0 aromatic carbocycles. The van der Waals surface area contributed by atoms with E-state index in [4.69, 9.17) is 11.6 Å². The van der Waals surface area contributed by atoms with Gasteiger partial charge in [-0.15, -0.1) is 11.6 Å². The molecule has 1 saturated heterocycles. The van der Waals surface area contributed by atoms with Crippen LogP contribution in [0.1, 0.15) is 26.2 Å². The molecular formula is C9H19ClN2O2S. The summed E-state index contributed by atoms with van der Waals surface area (Å²) in [7, 11) is -3.22. The summed E-state index contributed by atoms with van der Waals surface area (Å²) in [5, 5.41) is 0. The maximum absolute atomic E-state index is 12.1.